The minimum Gasteiger partial charge on any atom is -0.344 e. The van der Waals surface area contributed by atoms with E-state index < -0.39 is 6.04 Å². The van der Waals surface area contributed by atoms with Crippen LogP contribution in [0.1, 0.15) is 25.3 Å². The number of carbonyl (C=O) groups excluding carboxylic acids is 2. The summed E-state index contributed by atoms with van der Waals surface area (Å²) in [5.74, 6) is 1.06. The van der Waals surface area contributed by atoms with Crippen LogP contribution in [0.3, 0.4) is 0 Å². The van der Waals surface area contributed by atoms with Crippen LogP contribution in [-0.2, 0) is 15.3 Å². The smallest absolute Gasteiger partial charge is 0.247 e. The van der Waals surface area contributed by atoms with Crippen LogP contribution >= 0.6 is 11.8 Å². The molecule has 0 fully saturated rings. The third-order valence-corrected chi connectivity index (χ3v) is 4.67. The average molecular weight is 356 g/mol. The third kappa shape index (κ3) is 7.01. The molecule has 0 heterocycles. The van der Waals surface area contributed by atoms with Gasteiger partial charge in [-0.05, 0) is 24.1 Å². The fraction of sp³-hybridized carbons (Fsp3) is 0.300. The van der Waals surface area contributed by atoms with Crippen LogP contribution in [0.5, 0.6) is 0 Å². The van der Waals surface area contributed by atoms with E-state index in [0.29, 0.717) is 12.2 Å². The van der Waals surface area contributed by atoms with Crippen LogP contribution in [0, 0.1) is 0 Å². The van der Waals surface area contributed by atoms with Crippen LogP contribution in [0.25, 0.3) is 0 Å². The molecule has 0 aliphatic carbocycles. The third-order valence-electron chi connectivity index (χ3n) is 3.57. The Morgan fingerprint density at radius 3 is 2.28 bits per heavy atom. The molecular formula is C20H24N2O2S. The molecule has 2 amide bonds. The van der Waals surface area contributed by atoms with E-state index in [4.69, 9.17) is 0 Å². The molecule has 0 spiro atoms. The first kappa shape index (κ1) is 19.1. The molecule has 5 heteroatoms. The first-order valence-corrected chi connectivity index (χ1v) is 9.61. The maximum atomic E-state index is 12.6. The van der Waals surface area contributed by atoms with Gasteiger partial charge >= 0.3 is 0 Å². The van der Waals surface area contributed by atoms with Crippen LogP contribution in [0.15, 0.2) is 60.7 Å². The van der Waals surface area contributed by atoms with Gasteiger partial charge in [0.1, 0.15) is 6.04 Å². The molecule has 25 heavy (non-hydrogen) atoms. The maximum absolute atomic E-state index is 12.6. The molecular weight excluding hydrogens is 332 g/mol. The fourth-order valence-electron chi connectivity index (χ4n) is 2.30. The molecule has 0 radical (unpaired) electrons. The van der Waals surface area contributed by atoms with Crippen molar-refractivity contribution in [2.75, 3.05) is 11.1 Å². The van der Waals surface area contributed by atoms with Crippen LogP contribution in [0.2, 0.25) is 0 Å². The quantitative estimate of drug-likeness (QED) is 0.718. The molecule has 1 unspecified atom stereocenters. The van der Waals surface area contributed by atoms with Crippen molar-refractivity contribution in [3.05, 3.63) is 66.2 Å². The average Bonchev–Trinajstić information content (AvgIpc) is 2.63. The van der Waals surface area contributed by atoms with Crippen molar-refractivity contribution in [3.8, 4) is 0 Å². The van der Waals surface area contributed by atoms with Gasteiger partial charge < -0.3 is 10.6 Å². The van der Waals surface area contributed by atoms with Gasteiger partial charge in [-0.15, -0.1) is 0 Å². The number of anilines is 1. The maximum Gasteiger partial charge on any atom is 0.247 e. The number of nitrogens with one attached hydrogen (secondary N) is 2. The van der Waals surface area contributed by atoms with Gasteiger partial charge in [0.2, 0.25) is 11.8 Å². The lowest BCUT2D eigenvalue weighted by molar-refractivity contribution is -0.126. The molecule has 132 valence electrons. The van der Waals surface area contributed by atoms with E-state index in [0.717, 1.165) is 17.9 Å². The lowest BCUT2D eigenvalue weighted by Crippen LogP contribution is -2.45. The van der Waals surface area contributed by atoms with E-state index in [2.05, 4.69) is 22.8 Å². The summed E-state index contributed by atoms with van der Waals surface area (Å²) in [5, 5.41) is 5.72. The molecule has 1 atom stereocenters. The summed E-state index contributed by atoms with van der Waals surface area (Å²) < 4.78 is 0. The van der Waals surface area contributed by atoms with Crippen molar-refractivity contribution in [3.63, 3.8) is 0 Å². The van der Waals surface area contributed by atoms with Gasteiger partial charge in [0, 0.05) is 23.6 Å². The molecule has 2 aromatic carbocycles. The van der Waals surface area contributed by atoms with Crippen LogP contribution in [0.4, 0.5) is 5.69 Å². The van der Waals surface area contributed by atoms with Gasteiger partial charge in [0.05, 0.1) is 0 Å². The van der Waals surface area contributed by atoms with E-state index in [1.165, 1.54) is 5.56 Å². The minimum absolute atomic E-state index is 0.0870. The zero-order chi connectivity index (χ0) is 17.9. The van der Waals surface area contributed by atoms with E-state index >= 15 is 0 Å². The first-order valence-electron chi connectivity index (χ1n) is 8.46. The lowest BCUT2D eigenvalue weighted by atomic mass is 10.2. The minimum atomic E-state index is -0.548. The van der Waals surface area contributed by atoms with E-state index in [9.17, 15) is 9.59 Å². The summed E-state index contributed by atoms with van der Waals surface area (Å²) in [6.45, 7) is 1.95. The van der Waals surface area contributed by atoms with Gasteiger partial charge in [0.25, 0.3) is 0 Å². The predicted octanol–water partition coefficient (Wildman–Crippen LogP) is 3.84. The van der Waals surface area contributed by atoms with Crippen molar-refractivity contribution in [2.45, 2.75) is 31.6 Å². The molecule has 2 rings (SSSR count). The first-order chi connectivity index (χ1) is 12.2. The second kappa shape index (κ2) is 10.6. The SMILES string of the molecule is CCCC(=O)NC(CSCc1ccccc1)C(=O)Nc1ccccc1. The van der Waals surface area contributed by atoms with Gasteiger partial charge in [0.15, 0.2) is 0 Å². The highest BCUT2D eigenvalue weighted by molar-refractivity contribution is 7.98. The standard InChI is InChI=1S/C20H24N2O2S/c1-2-9-19(23)22-18(15-25-14-16-10-5-3-6-11-16)20(24)21-17-12-7-4-8-13-17/h3-8,10-13,18H,2,9,14-15H2,1H3,(H,21,24)(H,22,23). The topological polar surface area (TPSA) is 58.2 Å². The van der Waals surface area contributed by atoms with Gasteiger partial charge in [-0.3, -0.25) is 9.59 Å². The fourth-order valence-corrected chi connectivity index (χ4v) is 3.31. The molecule has 2 N–H and O–H groups in total. The second-order valence-electron chi connectivity index (χ2n) is 5.73. The molecule has 0 aromatic heterocycles. The normalized spacial score (nSPS) is 11.6. The lowest BCUT2D eigenvalue weighted by Gasteiger charge is -2.18. The number of rotatable bonds is 9. The number of para-hydroxylation sites is 1. The Kier molecular flexibility index (Phi) is 8.05. The van der Waals surface area contributed by atoms with Crippen molar-refractivity contribution in [2.24, 2.45) is 0 Å². The Hall–Kier alpha value is -2.27. The summed E-state index contributed by atoms with van der Waals surface area (Å²) in [7, 11) is 0. The van der Waals surface area contributed by atoms with Crippen molar-refractivity contribution in [1.82, 2.24) is 5.32 Å². The molecule has 2 aromatic rings. The number of hydrogen-bond acceptors (Lipinski definition) is 3. The van der Waals surface area contributed by atoms with Crippen molar-refractivity contribution >= 4 is 29.3 Å². The zero-order valence-electron chi connectivity index (χ0n) is 14.4. The van der Waals surface area contributed by atoms with E-state index in [-0.39, 0.29) is 11.8 Å². The van der Waals surface area contributed by atoms with Crippen molar-refractivity contribution in [1.29, 1.82) is 0 Å². The Bertz CT molecular complexity index is 662. The number of thioether (sulfide) groups is 1. The highest BCUT2D eigenvalue weighted by Gasteiger charge is 2.20. The van der Waals surface area contributed by atoms with Crippen LogP contribution < -0.4 is 10.6 Å². The van der Waals surface area contributed by atoms with E-state index in [1.54, 1.807) is 11.8 Å². The van der Waals surface area contributed by atoms with Crippen molar-refractivity contribution < 1.29 is 9.59 Å². The predicted molar refractivity (Wildman–Crippen MR) is 105 cm³/mol. The van der Waals surface area contributed by atoms with Crippen LogP contribution in [-0.4, -0.2) is 23.6 Å². The molecule has 0 bridgehead atoms. The molecule has 0 saturated heterocycles. The second-order valence-corrected chi connectivity index (χ2v) is 6.76. The molecule has 0 saturated carbocycles. The summed E-state index contributed by atoms with van der Waals surface area (Å²) in [6, 6.07) is 18.8. The monoisotopic (exact) mass is 356 g/mol. The van der Waals surface area contributed by atoms with E-state index in [1.807, 2.05) is 55.5 Å². The molecule has 4 nitrogen and oxygen atoms in total. The Morgan fingerprint density at radius 1 is 1.00 bits per heavy atom. The summed E-state index contributed by atoms with van der Waals surface area (Å²) >= 11 is 1.64. The number of carbonyl (C=O) groups is 2. The Labute approximate surface area is 153 Å². The zero-order valence-corrected chi connectivity index (χ0v) is 15.2. The Balaban J connectivity index is 1.93. The molecule has 0 aliphatic heterocycles. The highest BCUT2D eigenvalue weighted by Crippen LogP contribution is 2.14. The van der Waals surface area contributed by atoms with Gasteiger partial charge in [-0.25, -0.2) is 0 Å². The highest BCUT2D eigenvalue weighted by atomic mass is 32.2. The number of hydrogen-bond donors (Lipinski definition) is 2. The molecule has 0 aliphatic rings. The Morgan fingerprint density at radius 2 is 1.64 bits per heavy atom. The largest absolute Gasteiger partial charge is 0.344 e. The number of amides is 2. The summed E-state index contributed by atoms with van der Waals surface area (Å²) in [5.41, 5.74) is 1.94. The number of benzene rings is 2. The van der Waals surface area contributed by atoms with Gasteiger partial charge in [-0.2, -0.15) is 11.8 Å². The summed E-state index contributed by atoms with van der Waals surface area (Å²) in [6.07, 6.45) is 1.19. The summed E-state index contributed by atoms with van der Waals surface area (Å²) in [4.78, 5) is 24.5. The van der Waals surface area contributed by atoms with Gasteiger partial charge in [-0.1, -0.05) is 55.5 Å².